The van der Waals surface area contributed by atoms with Crippen molar-refractivity contribution in [1.29, 1.82) is 0 Å². The predicted molar refractivity (Wildman–Crippen MR) is 84.8 cm³/mol. The summed E-state index contributed by atoms with van der Waals surface area (Å²) in [5.41, 5.74) is 0.268. The van der Waals surface area contributed by atoms with E-state index in [1.807, 2.05) is 20.8 Å². The summed E-state index contributed by atoms with van der Waals surface area (Å²) < 4.78 is 5.62. The highest BCUT2D eigenvalue weighted by molar-refractivity contribution is 5.37. The van der Waals surface area contributed by atoms with Crippen molar-refractivity contribution in [2.75, 3.05) is 17.2 Å². The molecule has 1 saturated carbocycles. The first-order chi connectivity index (χ1) is 9.90. The van der Waals surface area contributed by atoms with E-state index in [0.717, 1.165) is 13.0 Å². The summed E-state index contributed by atoms with van der Waals surface area (Å²) in [6.07, 6.45) is 3.66. The fourth-order valence-electron chi connectivity index (χ4n) is 2.67. The van der Waals surface area contributed by atoms with E-state index in [1.165, 1.54) is 12.8 Å². The first-order valence-electron chi connectivity index (χ1n) is 7.84. The summed E-state index contributed by atoms with van der Waals surface area (Å²) in [5, 5.41) is 6.59. The number of rotatable bonds is 6. The highest BCUT2D eigenvalue weighted by Gasteiger charge is 2.35. The predicted octanol–water partition coefficient (Wildman–Crippen LogP) is 3.08. The van der Waals surface area contributed by atoms with Crippen molar-refractivity contribution in [3.8, 4) is 6.01 Å². The lowest BCUT2D eigenvalue weighted by atomic mass is 9.87. The van der Waals surface area contributed by atoms with Gasteiger partial charge in [0.25, 0.3) is 0 Å². The quantitative estimate of drug-likeness (QED) is 0.840. The van der Waals surface area contributed by atoms with Gasteiger partial charge in [0, 0.05) is 12.6 Å². The molecule has 0 aliphatic heterocycles. The molecule has 1 unspecified atom stereocenters. The first-order valence-corrected chi connectivity index (χ1v) is 7.84. The molecule has 0 saturated heterocycles. The highest BCUT2D eigenvalue weighted by Crippen LogP contribution is 2.38. The monoisotopic (exact) mass is 293 g/mol. The van der Waals surface area contributed by atoms with Crippen LogP contribution < -0.4 is 15.4 Å². The SMILES string of the molecule is CCNc1nc(NC2CCCC2(C)C)nc(OC(C)C)n1. The van der Waals surface area contributed by atoms with Gasteiger partial charge >= 0.3 is 6.01 Å². The van der Waals surface area contributed by atoms with Crippen molar-refractivity contribution >= 4 is 11.9 Å². The van der Waals surface area contributed by atoms with Gasteiger partial charge < -0.3 is 15.4 Å². The Morgan fingerprint density at radius 1 is 1.24 bits per heavy atom. The molecule has 1 aromatic heterocycles. The second kappa shape index (κ2) is 6.45. The third-order valence-corrected chi connectivity index (χ3v) is 3.85. The normalized spacial score (nSPS) is 20.6. The molecule has 2 N–H and O–H groups in total. The zero-order chi connectivity index (χ0) is 15.5. The van der Waals surface area contributed by atoms with Crippen LogP contribution >= 0.6 is 0 Å². The molecule has 6 heteroatoms. The molecule has 2 rings (SSSR count). The van der Waals surface area contributed by atoms with E-state index in [1.54, 1.807) is 0 Å². The fourth-order valence-corrected chi connectivity index (χ4v) is 2.67. The number of hydrogen-bond acceptors (Lipinski definition) is 6. The lowest BCUT2D eigenvalue weighted by Crippen LogP contribution is -2.31. The fraction of sp³-hybridized carbons (Fsp3) is 0.800. The van der Waals surface area contributed by atoms with Crippen LogP contribution in [0, 0.1) is 5.41 Å². The molecule has 1 aliphatic carbocycles. The van der Waals surface area contributed by atoms with Gasteiger partial charge in [0.2, 0.25) is 11.9 Å². The Bertz CT molecular complexity index is 475. The number of nitrogens with one attached hydrogen (secondary N) is 2. The molecule has 1 fully saturated rings. The second-order valence-corrected chi connectivity index (χ2v) is 6.54. The summed E-state index contributed by atoms with van der Waals surface area (Å²) in [5.74, 6) is 1.15. The molecule has 6 nitrogen and oxygen atoms in total. The summed E-state index contributed by atoms with van der Waals surface area (Å²) in [4.78, 5) is 13.1. The van der Waals surface area contributed by atoms with Gasteiger partial charge in [-0.05, 0) is 39.0 Å². The van der Waals surface area contributed by atoms with Gasteiger partial charge in [-0.15, -0.1) is 0 Å². The maximum absolute atomic E-state index is 5.62. The number of anilines is 2. The van der Waals surface area contributed by atoms with Gasteiger partial charge in [-0.2, -0.15) is 15.0 Å². The zero-order valence-corrected chi connectivity index (χ0v) is 13.7. The molecule has 1 aromatic rings. The number of ether oxygens (including phenoxy) is 1. The van der Waals surface area contributed by atoms with E-state index in [-0.39, 0.29) is 11.5 Å². The molecular formula is C15H27N5O. The molecule has 0 aromatic carbocycles. The Kier molecular flexibility index (Phi) is 4.85. The number of aromatic nitrogens is 3. The van der Waals surface area contributed by atoms with Crippen LogP contribution in [0.5, 0.6) is 6.01 Å². The van der Waals surface area contributed by atoms with Gasteiger partial charge in [0.15, 0.2) is 0 Å². The summed E-state index contributed by atoms with van der Waals surface area (Å²) in [6.45, 7) is 11.3. The average Bonchev–Trinajstić information content (AvgIpc) is 2.68. The van der Waals surface area contributed by atoms with Gasteiger partial charge in [0.1, 0.15) is 0 Å². The Hall–Kier alpha value is -1.59. The molecule has 0 amide bonds. The molecule has 21 heavy (non-hydrogen) atoms. The van der Waals surface area contributed by atoms with Crippen molar-refractivity contribution < 1.29 is 4.74 Å². The third-order valence-electron chi connectivity index (χ3n) is 3.85. The van der Waals surface area contributed by atoms with E-state index < -0.39 is 0 Å². The molecule has 0 bridgehead atoms. The highest BCUT2D eigenvalue weighted by atomic mass is 16.5. The van der Waals surface area contributed by atoms with E-state index >= 15 is 0 Å². The first kappa shape index (κ1) is 15.8. The minimum absolute atomic E-state index is 0.0395. The largest absolute Gasteiger partial charge is 0.461 e. The molecule has 0 spiro atoms. The van der Waals surface area contributed by atoms with Gasteiger partial charge in [0.05, 0.1) is 6.10 Å². The van der Waals surface area contributed by atoms with Crippen LogP contribution in [0.1, 0.15) is 53.9 Å². The van der Waals surface area contributed by atoms with Gasteiger partial charge in [-0.1, -0.05) is 20.3 Å². The Morgan fingerprint density at radius 3 is 2.52 bits per heavy atom. The summed E-state index contributed by atoms with van der Waals surface area (Å²) in [7, 11) is 0. The van der Waals surface area contributed by atoms with Gasteiger partial charge in [-0.3, -0.25) is 0 Å². The van der Waals surface area contributed by atoms with Crippen LogP contribution in [0.3, 0.4) is 0 Å². The lowest BCUT2D eigenvalue weighted by Gasteiger charge is -2.27. The van der Waals surface area contributed by atoms with Crippen LogP contribution in [0.25, 0.3) is 0 Å². The van der Waals surface area contributed by atoms with Crippen molar-refractivity contribution in [3.05, 3.63) is 0 Å². The van der Waals surface area contributed by atoms with E-state index in [9.17, 15) is 0 Å². The average molecular weight is 293 g/mol. The Morgan fingerprint density at radius 2 is 1.95 bits per heavy atom. The molecule has 1 aliphatic rings. The van der Waals surface area contributed by atoms with Crippen LogP contribution in [-0.2, 0) is 0 Å². The van der Waals surface area contributed by atoms with Crippen LogP contribution in [0.15, 0.2) is 0 Å². The minimum atomic E-state index is 0.0395. The summed E-state index contributed by atoms with van der Waals surface area (Å²) >= 11 is 0. The van der Waals surface area contributed by atoms with E-state index in [2.05, 4.69) is 39.4 Å². The smallest absolute Gasteiger partial charge is 0.323 e. The van der Waals surface area contributed by atoms with Crippen LogP contribution in [0.4, 0.5) is 11.9 Å². The Labute approximate surface area is 127 Å². The Balaban J connectivity index is 2.19. The zero-order valence-electron chi connectivity index (χ0n) is 13.7. The van der Waals surface area contributed by atoms with E-state index in [0.29, 0.717) is 23.9 Å². The van der Waals surface area contributed by atoms with Crippen molar-refractivity contribution in [1.82, 2.24) is 15.0 Å². The summed E-state index contributed by atoms with van der Waals surface area (Å²) in [6, 6.07) is 0.760. The van der Waals surface area contributed by atoms with E-state index in [4.69, 9.17) is 4.74 Å². The van der Waals surface area contributed by atoms with Crippen molar-refractivity contribution in [2.45, 2.75) is 66.0 Å². The maximum Gasteiger partial charge on any atom is 0.323 e. The maximum atomic E-state index is 5.62. The lowest BCUT2D eigenvalue weighted by molar-refractivity contribution is 0.222. The topological polar surface area (TPSA) is 72.0 Å². The second-order valence-electron chi connectivity index (χ2n) is 6.54. The van der Waals surface area contributed by atoms with Crippen molar-refractivity contribution in [2.24, 2.45) is 5.41 Å². The minimum Gasteiger partial charge on any atom is -0.461 e. The van der Waals surface area contributed by atoms with Crippen LogP contribution in [0.2, 0.25) is 0 Å². The molecule has 0 radical (unpaired) electrons. The molecular weight excluding hydrogens is 266 g/mol. The standard InChI is InChI=1S/C15H27N5O/c1-6-16-12-18-13(20-14(19-12)21-10(2)3)17-11-8-7-9-15(11,4)5/h10-11H,6-9H2,1-5H3,(H2,16,17,18,19,20). The molecule has 1 heterocycles. The van der Waals surface area contributed by atoms with Crippen molar-refractivity contribution in [3.63, 3.8) is 0 Å². The molecule has 1 atom stereocenters. The van der Waals surface area contributed by atoms with Gasteiger partial charge in [-0.25, -0.2) is 0 Å². The molecule has 118 valence electrons. The van der Waals surface area contributed by atoms with Crippen LogP contribution in [-0.4, -0.2) is 33.6 Å². The third kappa shape index (κ3) is 4.19. The number of hydrogen-bond donors (Lipinski definition) is 2. The number of nitrogens with zero attached hydrogens (tertiary/aromatic N) is 3.